The summed E-state index contributed by atoms with van der Waals surface area (Å²) >= 11 is 0. The highest BCUT2D eigenvalue weighted by atomic mass is 16.6. The second-order valence-corrected chi connectivity index (χ2v) is 8.82. The SMILES string of the molecule is CCCCC[C@@H](C[C@@H]1CC[C@H](C)C(=O)N(C)/C=C\CC(=O)O[C@@H](C(C)C)C(=O)O1)OC. The van der Waals surface area contributed by atoms with Crippen LogP contribution in [0.2, 0.25) is 0 Å². The van der Waals surface area contributed by atoms with Crippen molar-refractivity contribution in [1.82, 2.24) is 4.90 Å². The molecule has 0 aromatic heterocycles. The molecule has 0 fully saturated rings. The number of hydrogen-bond donors (Lipinski definition) is 0. The summed E-state index contributed by atoms with van der Waals surface area (Å²) in [4.78, 5) is 39.2. The monoisotopic (exact) mass is 439 g/mol. The summed E-state index contributed by atoms with van der Waals surface area (Å²) in [6, 6.07) is 0. The van der Waals surface area contributed by atoms with Gasteiger partial charge in [0.05, 0.1) is 12.5 Å². The number of esters is 2. The molecule has 1 aliphatic heterocycles. The Morgan fingerprint density at radius 2 is 1.87 bits per heavy atom. The number of hydrogen-bond acceptors (Lipinski definition) is 6. The molecule has 178 valence electrons. The maximum atomic E-state index is 12.9. The van der Waals surface area contributed by atoms with Gasteiger partial charge >= 0.3 is 11.9 Å². The van der Waals surface area contributed by atoms with E-state index in [0.29, 0.717) is 19.3 Å². The molecule has 0 radical (unpaired) electrons. The van der Waals surface area contributed by atoms with E-state index in [1.807, 2.05) is 20.8 Å². The molecule has 1 aliphatic rings. The van der Waals surface area contributed by atoms with Crippen molar-refractivity contribution in [2.24, 2.45) is 11.8 Å². The maximum absolute atomic E-state index is 12.9. The highest BCUT2D eigenvalue weighted by molar-refractivity contribution is 5.81. The number of rotatable bonds is 8. The number of amides is 1. The van der Waals surface area contributed by atoms with Crippen molar-refractivity contribution in [2.45, 2.75) is 97.4 Å². The van der Waals surface area contributed by atoms with Gasteiger partial charge < -0.3 is 19.1 Å². The number of nitrogens with zero attached hydrogens (tertiary/aromatic N) is 1. The minimum atomic E-state index is -0.954. The van der Waals surface area contributed by atoms with Gasteiger partial charge in [-0.2, -0.15) is 0 Å². The van der Waals surface area contributed by atoms with Gasteiger partial charge in [-0.25, -0.2) is 4.79 Å². The number of carbonyl (C=O) groups excluding carboxylic acids is 3. The van der Waals surface area contributed by atoms with E-state index in [4.69, 9.17) is 14.2 Å². The fraction of sp³-hybridized carbons (Fsp3) is 0.792. The Morgan fingerprint density at radius 3 is 2.48 bits per heavy atom. The average Bonchev–Trinajstić information content (AvgIpc) is 2.73. The zero-order chi connectivity index (χ0) is 23.4. The standard InChI is InChI=1S/C24H41NO6/c1-7-8-9-11-19(29-6)16-20-14-13-18(4)23(27)25(5)15-10-12-21(26)31-22(17(2)3)24(28)30-20/h10,15,17-20,22H,7-9,11-14,16H2,1-6H3/b15-10-/t18-,19-,20-,22-/m0/s1. The topological polar surface area (TPSA) is 82.1 Å². The third kappa shape index (κ3) is 9.85. The number of cyclic esters (lactones) is 2. The van der Waals surface area contributed by atoms with E-state index in [2.05, 4.69) is 6.92 Å². The van der Waals surface area contributed by atoms with E-state index in [1.165, 1.54) is 4.90 Å². The lowest BCUT2D eigenvalue weighted by Crippen LogP contribution is -2.37. The number of ether oxygens (including phenoxy) is 3. The number of unbranched alkanes of at least 4 members (excludes halogenated alkanes) is 2. The summed E-state index contributed by atoms with van der Waals surface area (Å²) in [6.07, 6.45) is 7.63. The van der Waals surface area contributed by atoms with Crippen molar-refractivity contribution in [2.75, 3.05) is 14.2 Å². The zero-order valence-electron chi connectivity index (χ0n) is 20.1. The summed E-state index contributed by atoms with van der Waals surface area (Å²) < 4.78 is 16.9. The molecule has 0 bridgehead atoms. The van der Waals surface area contributed by atoms with Crippen molar-refractivity contribution in [3.05, 3.63) is 12.3 Å². The van der Waals surface area contributed by atoms with Crippen LogP contribution in [0, 0.1) is 11.8 Å². The Balaban J connectivity index is 3.04. The Morgan fingerprint density at radius 1 is 1.16 bits per heavy atom. The lowest BCUT2D eigenvalue weighted by molar-refractivity contribution is -0.175. The lowest BCUT2D eigenvalue weighted by atomic mass is 9.96. The number of methoxy groups -OCH3 is 1. The smallest absolute Gasteiger partial charge is 0.347 e. The molecule has 0 saturated heterocycles. The zero-order valence-corrected chi connectivity index (χ0v) is 20.1. The van der Waals surface area contributed by atoms with E-state index in [0.717, 1.165) is 25.7 Å². The van der Waals surface area contributed by atoms with Crippen LogP contribution in [0.5, 0.6) is 0 Å². The van der Waals surface area contributed by atoms with Gasteiger partial charge in [0.2, 0.25) is 12.0 Å². The Kier molecular flexibility index (Phi) is 12.5. The third-order valence-electron chi connectivity index (χ3n) is 5.67. The van der Waals surface area contributed by atoms with Crippen molar-refractivity contribution in [1.29, 1.82) is 0 Å². The third-order valence-corrected chi connectivity index (χ3v) is 5.67. The molecule has 4 atom stereocenters. The number of carbonyl (C=O) groups is 3. The summed E-state index contributed by atoms with van der Waals surface area (Å²) in [5.74, 6) is -1.54. The molecule has 0 N–H and O–H groups in total. The predicted octanol–water partition coefficient (Wildman–Crippen LogP) is 4.24. The molecule has 0 unspecified atom stereocenters. The first-order chi connectivity index (χ1) is 14.7. The molecule has 0 spiro atoms. The summed E-state index contributed by atoms with van der Waals surface area (Å²) in [7, 11) is 3.35. The summed E-state index contributed by atoms with van der Waals surface area (Å²) in [5, 5.41) is 0. The highest BCUT2D eigenvalue weighted by Crippen LogP contribution is 2.22. The van der Waals surface area contributed by atoms with Crippen LogP contribution in [-0.4, -0.2) is 55.2 Å². The minimum absolute atomic E-state index is 0.0187. The van der Waals surface area contributed by atoms with Gasteiger partial charge in [-0.3, -0.25) is 9.59 Å². The normalized spacial score (nSPS) is 26.2. The maximum Gasteiger partial charge on any atom is 0.347 e. The van der Waals surface area contributed by atoms with Crippen LogP contribution in [0.25, 0.3) is 0 Å². The second kappa shape index (κ2) is 14.2. The molecule has 0 aliphatic carbocycles. The van der Waals surface area contributed by atoms with Crippen molar-refractivity contribution in [3.63, 3.8) is 0 Å². The van der Waals surface area contributed by atoms with Gasteiger partial charge in [0, 0.05) is 38.6 Å². The van der Waals surface area contributed by atoms with Crippen LogP contribution in [0.1, 0.15) is 79.1 Å². The molecule has 0 aromatic rings. The largest absolute Gasteiger partial charge is 0.460 e. The van der Waals surface area contributed by atoms with Gasteiger partial charge in [0.15, 0.2) is 0 Å². The summed E-state index contributed by atoms with van der Waals surface area (Å²) in [5.41, 5.74) is 0. The molecule has 1 rings (SSSR count). The van der Waals surface area contributed by atoms with Gasteiger partial charge in [-0.15, -0.1) is 0 Å². The summed E-state index contributed by atoms with van der Waals surface area (Å²) in [6.45, 7) is 7.67. The quantitative estimate of drug-likeness (QED) is 0.415. The van der Waals surface area contributed by atoms with Crippen LogP contribution in [0.3, 0.4) is 0 Å². The molecular formula is C24H41NO6. The van der Waals surface area contributed by atoms with Gasteiger partial charge in [0.1, 0.15) is 6.10 Å². The second-order valence-electron chi connectivity index (χ2n) is 8.82. The highest BCUT2D eigenvalue weighted by Gasteiger charge is 2.31. The van der Waals surface area contributed by atoms with Gasteiger partial charge in [0.25, 0.3) is 0 Å². The first kappa shape index (κ1) is 27.1. The van der Waals surface area contributed by atoms with Crippen LogP contribution in [-0.2, 0) is 28.6 Å². The molecule has 0 aromatic carbocycles. The molecule has 1 amide bonds. The van der Waals surface area contributed by atoms with E-state index in [-0.39, 0.29) is 30.3 Å². The fourth-order valence-corrected chi connectivity index (χ4v) is 3.64. The first-order valence-electron chi connectivity index (χ1n) is 11.6. The fourth-order valence-electron chi connectivity index (χ4n) is 3.64. The van der Waals surface area contributed by atoms with E-state index >= 15 is 0 Å². The first-order valence-corrected chi connectivity index (χ1v) is 11.6. The van der Waals surface area contributed by atoms with Crippen LogP contribution in [0.4, 0.5) is 0 Å². The molecule has 1 heterocycles. The molecule has 31 heavy (non-hydrogen) atoms. The Labute approximate surface area is 187 Å². The predicted molar refractivity (Wildman–Crippen MR) is 119 cm³/mol. The van der Waals surface area contributed by atoms with Gasteiger partial charge in [-0.1, -0.05) is 53.0 Å². The van der Waals surface area contributed by atoms with Gasteiger partial charge in [-0.05, 0) is 19.3 Å². The van der Waals surface area contributed by atoms with Crippen molar-refractivity contribution < 1.29 is 28.6 Å². The van der Waals surface area contributed by atoms with Crippen LogP contribution < -0.4 is 0 Å². The molecule has 0 saturated carbocycles. The molecular weight excluding hydrogens is 398 g/mol. The van der Waals surface area contributed by atoms with E-state index < -0.39 is 24.1 Å². The van der Waals surface area contributed by atoms with Crippen molar-refractivity contribution >= 4 is 17.8 Å². The van der Waals surface area contributed by atoms with E-state index in [1.54, 1.807) is 26.4 Å². The van der Waals surface area contributed by atoms with Crippen LogP contribution in [0.15, 0.2) is 12.3 Å². The average molecular weight is 440 g/mol. The molecule has 7 heteroatoms. The lowest BCUT2D eigenvalue weighted by Gasteiger charge is -2.27. The Hall–Kier alpha value is -1.89. The molecule has 7 nitrogen and oxygen atoms in total. The Bertz CT molecular complexity index is 603. The minimum Gasteiger partial charge on any atom is -0.460 e. The van der Waals surface area contributed by atoms with Crippen molar-refractivity contribution in [3.8, 4) is 0 Å². The van der Waals surface area contributed by atoms with E-state index in [9.17, 15) is 14.4 Å². The van der Waals surface area contributed by atoms with Crippen LogP contribution >= 0.6 is 0 Å².